The largest absolute Gasteiger partial charge is 0.377 e. The minimum Gasteiger partial charge on any atom is -0.377 e. The van der Waals surface area contributed by atoms with Gasteiger partial charge >= 0.3 is 0 Å². The number of ether oxygens (including phenoxy) is 1. The Hall–Kier alpha value is -0.0800. The van der Waals surface area contributed by atoms with Gasteiger partial charge in [0.1, 0.15) is 0 Å². The number of nitrogens with zero attached hydrogens (tertiary/aromatic N) is 1. The summed E-state index contributed by atoms with van der Waals surface area (Å²) in [5.74, 6) is 0.910. The van der Waals surface area contributed by atoms with Crippen LogP contribution in [0, 0.1) is 11.3 Å². The molecule has 21 heavy (non-hydrogen) atoms. The van der Waals surface area contributed by atoms with Crippen molar-refractivity contribution in [2.75, 3.05) is 26.2 Å². The van der Waals surface area contributed by atoms with Crippen molar-refractivity contribution in [3.8, 4) is 0 Å². The van der Waals surface area contributed by atoms with Crippen LogP contribution in [0.15, 0.2) is 0 Å². The van der Waals surface area contributed by atoms with E-state index in [9.17, 15) is 0 Å². The molecule has 2 aliphatic rings. The van der Waals surface area contributed by atoms with Crippen LogP contribution in [0.5, 0.6) is 0 Å². The summed E-state index contributed by atoms with van der Waals surface area (Å²) in [6, 6.07) is 0. The first-order valence-corrected chi connectivity index (χ1v) is 9.46. The Kier molecular flexibility index (Phi) is 7.01. The predicted molar refractivity (Wildman–Crippen MR) is 90.7 cm³/mol. The van der Waals surface area contributed by atoms with Crippen molar-refractivity contribution in [2.24, 2.45) is 11.3 Å². The molecule has 2 nitrogen and oxygen atoms in total. The fourth-order valence-corrected chi connectivity index (χ4v) is 4.01. The van der Waals surface area contributed by atoms with Gasteiger partial charge < -0.3 is 9.64 Å². The second kappa shape index (κ2) is 8.53. The van der Waals surface area contributed by atoms with Crippen LogP contribution in [0.3, 0.4) is 0 Å². The second-order valence-corrected chi connectivity index (χ2v) is 7.94. The van der Waals surface area contributed by atoms with E-state index in [1.165, 1.54) is 70.9 Å². The van der Waals surface area contributed by atoms with Crippen LogP contribution in [-0.2, 0) is 4.74 Å². The summed E-state index contributed by atoms with van der Waals surface area (Å²) in [7, 11) is 0. The first-order valence-electron chi connectivity index (χ1n) is 9.46. The number of rotatable bonds is 6. The van der Waals surface area contributed by atoms with Gasteiger partial charge in [0.15, 0.2) is 0 Å². The molecule has 0 atom stereocenters. The lowest BCUT2D eigenvalue weighted by Gasteiger charge is -2.39. The molecule has 1 heterocycles. The second-order valence-electron chi connectivity index (χ2n) is 7.94. The topological polar surface area (TPSA) is 12.5 Å². The van der Waals surface area contributed by atoms with Crippen molar-refractivity contribution < 1.29 is 4.74 Å². The van der Waals surface area contributed by atoms with E-state index in [1.807, 2.05) is 0 Å². The maximum absolute atomic E-state index is 6.18. The van der Waals surface area contributed by atoms with E-state index in [0.717, 1.165) is 19.1 Å². The van der Waals surface area contributed by atoms with Gasteiger partial charge in [-0.3, -0.25) is 0 Å². The average Bonchev–Trinajstić information content (AvgIpc) is 2.77. The van der Waals surface area contributed by atoms with Crippen molar-refractivity contribution in [2.45, 2.75) is 84.7 Å². The molecule has 0 unspecified atom stereocenters. The number of hydrogen-bond acceptors (Lipinski definition) is 2. The van der Waals surface area contributed by atoms with Gasteiger partial charge in [-0.1, -0.05) is 40.0 Å². The molecule has 2 rings (SSSR count). The van der Waals surface area contributed by atoms with Gasteiger partial charge in [-0.25, -0.2) is 0 Å². The molecule has 1 aliphatic heterocycles. The summed E-state index contributed by atoms with van der Waals surface area (Å²) >= 11 is 0. The Morgan fingerprint density at radius 1 is 0.952 bits per heavy atom. The van der Waals surface area contributed by atoms with Gasteiger partial charge in [0.05, 0.1) is 12.7 Å². The van der Waals surface area contributed by atoms with E-state index in [4.69, 9.17) is 4.74 Å². The smallest absolute Gasteiger partial charge is 0.0597 e. The fourth-order valence-electron chi connectivity index (χ4n) is 4.01. The third kappa shape index (κ3) is 5.56. The molecular weight excluding hydrogens is 258 g/mol. The zero-order valence-electron chi connectivity index (χ0n) is 14.7. The fraction of sp³-hybridized carbons (Fsp3) is 1.00. The Morgan fingerprint density at radius 3 is 2.14 bits per heavy atom. The van der Waals surface area contributed by atoms with Gasteiger partial charge in [0.25, 0.3) is 0 Å². The highest BCUT2D eigenvalue weighted by Gasteiger charge is 2.31. The lowest BCUT2D eigenvalue weighted by Crippen LogP contribution is -2.33. The summed E-state index contributed by atoms with van der Waals surface area (Å²) in [6.45, 7) is 11.9. The molecule has 1 aliphatic carbocycles. The van der Waals surface area contributed by atoms with Crippen molar-refractivity contribution in [3.63, 3.8) is 0 Å². The van der Waals surface area contributed by atoms with Gasteiger partial charge in [-0.2, -0.15) is 0 Å². The molecule has 2 fully saturated rings. The molecule has 124 valence electrons. The third-order valence-corrected chi connectivity index (χ3v) is 6.15. The van der Waals surface area contributed by atoms with E-state index >= 15 is 0 Å². The Bertz CT molecular complexity index is 273. The van der Waals surface area contributed by atoms with Crippen molar-refractivity contribution in [1.29, 1.82) is 0 Å². The number of likely N-dealkylation sites (tertiary alicyclic amines) is 1. The molecule has 0 aromatic carbocycles. The molecule has 0 radical (unpaired) electrons. The van der Waals surface area contributed by atoms with Crippen LogP contribution in [0.4, 0.5) is 0 Å². The first kappa shape index (κ1) is 17.3. The van der Waals surface area contributed by atoms with Gasteiger partial charge in [0.2, 0.25) is 0 Å². The highest BCUT2D eigenvalue weighted by molar-refractivity contribution is 4.83. The zero-order chi connectivity index (χ0) is 15.1. The van der Waals surface area contributed by atoms with Crippen LogP contribution in [0.1, 0.15) is 78.6 Å². The Balaban J connectivity index is 1.60. The van der Waals surface area contributed by atoms with Crippen molar-refractivity contribution in [1.82, 2.24) is 4.90 Å². The lowest BCUT2D eigenvalue weighted by molar-refractivity contribution is -0.00724. The van der Waals surface area contributed by atoms with Crippen LogP contribution >= 0.6 is 0 Å². The normalized spacial score (nSPS) is 29.3. The molecule has 0 amide bonds. The van der Waals surface area contributed by atoms with Gasteiger partial charge in [-0.05, 0) is 62.9 Å². The molecular formula is C19H37NO. The van der Waals surface area contributed by atoms with E-state index in [1.54, 1.807) is 0 Å². The highest BCUT2D eigenvalue weighted by Crippen LogP contribution is 2.40. The van der Waals surface area contributed by atoms with Crippen LogP contribution in [0.25, 0.3) is 0 Å². The third-order valence-electron chi connectivity index (χ3n) is 6.15. The van der Waals surface area contributed by atoms with Crippen molar-refractivity contribution >= 4 is 0 Å². The zero-order valence-corrected chi connectivity index (χ0v) is 14.7. The van der Waals surface area contributed by atoms with Crippen LogP contribution < -0.4 is 0 Å². The maximum Gasteiger partial charge on any atom is 0.0597 e. The highest BCUT2D eigenvalue weighted by atomic mass is 16.5. The molecule has 0 aromatic rings. The lowest BCUT2D eigenvalue weighted by atomic mass is 9.69. The minimum atomic E-state index is 0.525. The monoisotopic (exact) mass is 295 g/mol. The predicted octanol–water partition coefficient (Wildman–Crippen LogP) is 4.87. The standard InChI is InChI=1S/C19H37NO/c1-4-19(2,3)17-9-11-18(12-10-17)21-16-15-20-13-7-5-6-8-14-20/h17-18H,4-16H2,1-3H3. The molecule has 1 saturated carbocycles. The minimum absolute atomic E-state index is 0.525. The van der Waals surface area contributed by atoms with Crippen LogP contribution in [0.2, 0.25) is 0 Å². The summed E-state index contributed by atoms with van der Waals surface area (Å²) in [5, 5.41) is 0. The molecule has 1 saturated heterocycles. The van der Waals surface area contributed by atoms with Crippen molar-refractivity contribution in [3.05, 3.63) is 0 Å². The average molecular weight is 296 g/mol. The van der Waals surface area contributed by atoms with Crippen LogP contribution in [-0.4, -0.2) is 37.2 Å². The Labute approximate surface area is 132 Å². The van der Waals surface area contributed by atoms with Gasteiger partial charge in [-0.15, -0.1) is 0 Å². The molecule has 2 heteroatoms. The molecule has 0 bridgehead atoms. The van der Waals surface area contributed by atoms with Gasteiger partial charge in [0, 0.05) is 6.54 Å². The summed E-state index contributed by atoms with van der Waals surface area (Å²) < 4.78 is 6.18. The summed E-state index contributed by atoms with van der Waals surface area (Å²) in [4.78, 5) is 2.61. The molecule has 0 N–H and O–H groups in total. The van der Waals surface area contributed by atoms with E-state index in [0.29, 0.717) is 11.5 Å². The quantitative estimate of drug-likeness (QED) is 0.693. The SMILES string of the molecule is CCC(C)(C)C1CCC(OCCN2CCCCCC2)CC1. The number of hydrogen-bond donors (Lipinski definition) is 0. The summed E-state index contributed by atoms with van der Waals surface area (Å²) in [6.07, 6.45) is 12.8. The van der Waals surface area contributed by atoms with E-state index in [-0.39, 0.29) is 0 Å². The summed E-state index contributed by atoms with van der Waals surface area (Å²) in [5.41, 5.74) is 0.525. The van der Waals surface area contributed by atoms with E-state index in [2.05, 4.69) is 25.7 Å². The van der Waals surface area contributed by atoms with E-state index < -0.39 is 0 Å². The maximum atomic E-state index is 6.18. The first-order chi connectivity index (χ1) is 10.1. The molecule has 0 aromatic heterocycles. The molecule has 0 spiro atoms. The Morgan fingerprint density at radius 2 is 1.57 bits per heavy atom.